The Morgan fingerprint density at radius 1 is 1.28 bits per heavy atom. The maximum atomic E-state index is 12.5. The fraction of sp³-hybridized carbons (Fsp3) is 0.364. The number of pyridine rings is 1. The van der Waals surface area contributed by atoms with Crippen molar-refractivity contribution in [2.24, 2.45) is 0 Å². The number of rotatable bonds is 6. The summed E-state index contributed by atoms with van der Waals surface area (Å²) in [5.74, 6) is -0.0240. The van der Waals surface area contributed by atoms with Crippen LogP contribution in [0.25, 0.3) is 0 Å². The van der Waals surface area contributed by atoms with Gasteiger partial charge in [0.25, 0.3) is 0 Å². The predicted molar refractivity (Wildman–Crippen MR) is 113 cm³/mol. The largest absolute Gasteiger partial charge is 0.334 e. The van der Waals surface area contributed by atoms with E-state index in [-0.39, 0.29) is 18.2 Å². The number of benzene rings is 1. The molecule has 2 aromatic rings. The molecule has 6 nitrogen and oxygen atoms in total. The summed E-state index contributed by atoms with van der Waals surface area (Å²) in [5.41, 5.74) is 5.28. The summed E-state index contributed by atoms with van der Waals surface area (Å²) in [6, 6.07) is 9.12. The van der Waals surface area contributed by atoms with Crippen molar-refractivity contribution in [1.82, 2.24) is 14.6 Å². The molecule has 0 bridgehead atoms. The molecule has 0 aliphatic carbocycles. The molecule has 1 N–H and O–H groups in total. The van der Waals surface area contributed by atoms with Gasteiger partial charge < -0.3 is 4.90 Å². The first-order chi connectivity index (χ1) is 13.8. The molecule has 0 fully saturated rings. The molecule has 29 heavy (non-hydrogen) atoms. The number of allylic oxidation sites excluding steroid dienone is 1. The molecule has 0 unspecified atom stereocenters. The Hall–Kier alpha value is -2.51. The highest BCUT2D eigenvalue weighted by molar-refractivity contribution is 7.88. The second-order valence-electron chi connectivity index (χ2n) is 7.34. The average Bonchev–Trinajstić information content (AvgIpc) is 2.72. The van der Waals surface area contributed by atoms with Crippen LogP contribution in [0.2, 0.25) is 0 Å². The van der Waals surface area contributed by atoms with Gasteiger partial charge in [0.05, 0.1) is 5.75 Å². The molecule has 1 amide bonds. The zero-order valence-corrected chi connectivity index (χ0v) is 17.9. The lowest BCUT2D eigenvalue weighted by molar-refractivity contribution is -0.128. The Labute approximate surface area is 172 Å². The average molecular weight is 414 g/mol. The molecule has 0 radical (unpaired) electrons. The van der Waals surface area contributed by atoms with Crippen LogP contribution in [0.4, 0.5) is 0 Å². The number of hydrogen-bond donors (Lipinski definition) is 1. The molecule has 1 aromatic carbocycles. The highest BCUT2D eigenvalue weighted by Crippen LogP contribution is 2.25. The fourth-order valence-electron chi connectivity index (χ4n) is 3.53. The predicted octanol–water partition coefficient (Wildman–Crippen LogP) is 2.86. The summed E-state index contributed by atoms with van der Waals surface area (Å²) in [7, 11) is -3.46. The van der Waals surface area contributed by atoms with Gasteiger partial charge in [-0.15, -0.1) is 0 Å². The third kappa shape index (κ3) is 5.10. The number of amides is 1. The number of carbonyl (C=O) groups is 1. The van der Waals surface area contributed by atoms with Crippen molar-refractivity contribution in [3.05, 3.63) is 76.1 Å². The smallest absolute Gasteiger partial charge is 0.249 e. The zero-order valence-electron chi connectivity index (χ0n) is 17.1. The Balaban J connectivity index is 1.75. The summed E-state index contributed by atoms with van der Waals surface area (Å²) >= 11 is 0. The second-order valence-corrected chi connectivity index (χ2v) is 9.15. The Morgan fingerprint density at radius 2 is 2.00 bits per heavy atom. The first kappa shape index (κ1) is 21.2. The maximum Gasteiger partial charge on any atom is 0.249 e. The van der Waals surface area contributed by atoms with Crippen LogP contribution in [-0.4, -0.2) is 30.8 Å². The minimum absolute atomic E-state index is 0.0313. The number of hydrogen-bond acceptors (Lipinski definition) is 4. The zero-order chi connectivity index (χ0) is 21.0. The molecule has 7 heteroatoms. The molecular formula is C22H27N3O3S. The van der Waals surface area contributed by atoms with Gasteiger partial charge in [-0.2, -0.15) is 0 Å². The molecule has 1 aromatic heterocycles. The van der Waals surface area contributed by atoms with Crippen LogP contribution in [0.1, 0.15) is 41.8 Å². The molecule has 1 aliphatic rings. The standard InChI is InChI=1S/C22H27N3O3S/c1-4-16(2)22(26)25-11-10-20-19(14-25)12-23-17(3)21(20)13-24-29(27,28)15-18-8-6-5-7-9-18/h4-9,12,24H,10-11,13-15H2,1-3H3/b16-4+. The lowest BCUT2D eigenvalue weighted by Crippen LogP contribution is -2.37. The van der Waals surface area contributed by atoms with Crippen molar-refractivity contribution in [2.75, 3.05) is 6.54 Å². The Kier molecular flexibility index (Phi) is 6.49. The number of aromatic nitrogens is 1. The topological polar surface area (TPSA) is 79.4 Å². The van der Waals surface area contributed by atoms with Crippen molar-refractivity contribution < 1.29 is 13.2 Å². The first-order valence-corrected chi connectivity index (χ1v) is 11.4. The van der Waals surface area contributed by atoms with Gasteiger partial charge in [-0.25, -0.2) is 13.1 Å². The van der Waals surface area contributed by atoms with E-state index in [2.05, 4.69) is 9.71 Å². The molecule has 154 valence electrons. The molecule has 2 heterocycles. The first-order valence-electron chi connectivity index (χ1n) is 9.70. The second kappa shape index (κ2) is 8.88. The normalized spacial score (nSPS) is 14.6. The van der Waals surface area contributed by atoms with Crippen molar-refractivity contribution >= 4 is 15.9 Å². The van der Waals surface area contributed by atoms with Gasteiger partial charge in [-0.1, -0.05) is 36.4 Å². The van der Waals surface area contributed by atoms with E-state index in [1.807, 2.05) is 49.9 Å². The van der Waals surface area contributed by atoms with Gasteiger partial charge in [0.1, 0.15) is 0 Å². The number of nitrogens with one attached hydrogen (secondary N) is 1. The van der Waals surface area contributed by atoms with Crippen molar-refractivity contribution in [3.8, 4) is 0 Å². The quantitative estimate of drug-likeness (QED) is 0.739. The highest BCUT2D eigenvalue weighted by Gasteiger charge is 2.25. The van der Waals surface area contributed by atoms with Gasteiger partial charge in [0, 0.05) is 37.1 Å². The number of sulfonamides is 1. The highest BCUT2D eigenvalue weighted by atomic mass is 32.2. The van der Waals surface area contributed by atoms with E-state index in [0.29, 0.717) is 19.5 Å². The monoisotopic (exact) mass is 413 g/mol. The van der Waals surface area contributed by atoms with Crippen LogP contribution in [-0.2, 0) is 40.1 Å². The van der Waals surface area contributed by atoms with E-state index < -0.39 is 10.0 Å². The van der Waals surface area contributed by atoms with Crippen molar-refractivity contribution in [3.63, 3.8) is 0 Å². The fourth-order valence-corrected chi connectivity index (χ4v) is 4.63. The van der Waals surface area contributed by atoms with Gasteiger partial charge in [-0.05, 0) is 49.4 Å². The number of fused-ring (bicyclic) bond motifs is 1. The number of carbonyl (C=O) groups excluding carboxylic acids is 1. The van der Waals surface area contributed by atoms with Crippen LogP contribution in [0.3, 0.4) is 0 Å². The molecule has 1 aliphatic heterocycles. The minimum atomic E-state index is -3.46. The SMILES string of the molecule is C/C=C(\C)C(=O)N1CCc2c(cnc(C)c2CNS(=O)(=O)Cc2ccccc2)C1. The van der Waals surface area contributed by atoms with Crippen molar-refractivity contribution in [2.45, 2.75) is 46.0 Å². The van der Waals surface area contributed by atoms with Crippen LogP contribution >= 0.6 is 0 Å². The van der Waals surface area contributed by atoms with E-state index in [1.165, 1.54) is 0 Å². The minimum Gasteiger partial charge on any atom is -0.334 e. The molecule has 0 spiro atoms. The van der Waals surface area contributed by atoms with Gasteiger partial charge in [0.2, 0.25) is 15.9 Å². The summed E-state index contributed by atoms with van der Waals surface area (Å²) in [5, 5.41) is 0. The van der Waals surface area contributed by atoms with Crippen molar-refractivity contribution in [1.29, 1.82) is 0 Å². The van der Waals surface area contributed by atoms with Gasteiger partial charge in [-0.3, -0.25) is 9.78 Å². The summed E-state index contributed by atoms with van der Waals surface area (Å²) in [6.45, 7) is 6.89. The van der Waals surface area contributed by atoms with E-state index in [0.717, 1.165) is 33.5 Å². The summed E-state index contributed by atoms with van der Waals surface area (Å²) in [4.78, 5) is 18.7. The number of aryl methyl sites for hydroxylation is 1. The van der Waals surface area contributed by atoms with Gasteiger partial charge >= 0.3 is 0 Å². The third-order valence-electron chi connectivity index (χ3n) is 5.32. The molecule has 3 rings (SSSR count). The molecule has 0 saturated carbocycles. The lowest BCUT2D eigenvalue weighted by atomic mass is 9.94. The number of nitrogens with zero attached hydrogens (tertiary/aromatic N) is 2. The van der Waals surface area contributed by atoms with Crippen LogP contribution in [0, 0.1) is 6.92 Å². The van der Waals surface area contributed by atoms with E-state index >= 15 is 0 Å². The Bertz CT molecular complexity index is 1030. The Morgan fingerprint density at radius 3 is 2.69 bits per heavy atom. The van der Waals surface area contributed by atoms with E-state index in [4.69, 9.17) is 0 Å². The van der Waals surface area contributed by atoms with Crippen LogP contribution in [0.5, 0.6) is 0 Å². The molecular weight excluding hydrogens is 386 g/mol. The van der Waals surface area contributed by atoms with E-state index in [9.17, 15) is 13.2 Å². The van der Waals surface area contributed by atoms with Gasteiger partial charge in [0.15, 0.2) is 0 Å². The van der Waals surface area contributed by atoms with Crippen LogP contribution in [0.15, 0.2) is 48.2 Å². The summed E-state index contributed by atoms with van der Waals surface area (Å²) < 4.78 is 27.7. The third-order valence-corrected chi connectivity index (χ3v) is 6.62. The maximum absolute atomic E-state index is 12.5. The van der Waals surface area contributed by atoms with Crippen LogP contribution < -0.4 is 4.72 Å². The van der Waals surface area contributed by atoms with E-state index in [1.54, 1.807) is 18.3 Å². The molecule has 0 saturated heterocycles. The summed E-state index contributed by atoms with van der Waals surface area (Å²) in [6.07, 6.45) is 4.31. The lowest BCUT2D eigenvalue weighted by Gasteiger charge is -2.30. The molecule has 0 atom stereocenters.